The van der Waals surface area contributed by atoms with E-state index in [0.717, 1.165) is 0 Å². The topological polar surface area (TPSA) is 29.5 Å². The highest BCUT2D eigenvalue weighted by molar-refractivity contribution is 6.17. The van der Waals surface area contributed by atoms with Gasteiger partial charge in [-0.3, -0.25) is 0 Å². The molecule has 2 aromatic carbocycles. The van der Waals surface area contributed by atoms with Crippen molar-refractivity contribution in [3.63, 3.8) is 0 Å². The van der Waals surface area contributed by atoms with Crippen LogP contribution in [0, 0.1) is 0 Å². The average molecular weight is 296 g/mol. The Bertz CT molecular complexity index is 534. The molecule has 1 N–H and O–H groups in total. The summed E-state index contributed by atoms with van der Waals surface area (Å²) in [5, 5.41) is 8.73. The molecule has 0 fully saturated rings. The highest BCUT2D eigenvalue weighted by Crippen LogP contribution is 2.23. The first-order valence-corrected chi connectivity index (χ1v) is 8.26. The standard InChI is InChI=1S/C19H25BO2/c1-2-3-4-5-6-7-16-8-10-17(11-9-16)18-12-14-19(15-13-18)22-20-21/h8-15,20-21H,2-7H2,1H3. The van der Waals surface area contributed by atoms with E-state index >= 15 is 0 Å². The van der Waals surface area contributed by atoms with Crippen LogP contribution in [-0.4, -0.2) is 12.7 Å². The number of benzene rings is 2. The summed E-state index contributed by atoms with van der Waals surface area (Å²) in [6.45, 7) is 2.25. The molecule has 0 bridgehead atoms. The Morgan fingerprint density at radius 3 is 2.00 bits per heavy atom. The van der Waals surface area contributed by atoms with Crippen molar-refractivity contribution in [2.45, 2.75) is 45.4 Å². The second-order valence-electron chi connectivity index (χ2n) is 5.66. The van der Waals surface area contributed by atoms with Crippen molar-refractivity contribution >= 4 is 7.69 Å². The number of rotatable bonds is 9. The summed E-state index contributed by atoms with van der Waals surface area (Å²) in [6, 6.07) is 16.6. The molecule has 0 aliphatic heterocycles. The van der Waals surface area contributed by atoms with Gasteiger partial charge in [0, 0.05) is 0 Å². The molecule has 0 aliphatic rings. The first-order valence-electron chi connectivity index (χ1n) is 8.26. The third-order valence-electron chi connectivity index (χ3n) is 3.94. The SMILES string of the molecule is CCCCCCCc1ccc(-c2ccc(OBO)cc2)cc1. The highest BCUT2D eigenvalue weighted by atomic mass is 16.5. The lowest BCUT2D eigenvalue weighted by molar-refractivity contribution is 0.454. The minimum atomic E-state index is -0.285. The van der Waals surface area contributed by atoms with E-state index in [1.165, 1.54) is 55.2 Å². The van der Waals surface area contributed by atoms with Gasteiger partial charge in [0.25, 0.3) is 0 Å². The maximum absolute atomic E-state index is 8.73. The van der Waals surface area contributed by atoms with E-state index < -0.39 is 0 Å². The van der Waals surface area contributed by atoms with Crippen LogP contribution in [0.25, 0.3) is 11.1 Å². The van der Waals surface area contributed by atoms with Crippen molar-refractivity contribution in [3.8, 4) is 16.9 Å². The molecule has 0 aromatic heterocycles. The second kappa shape index (κ2) is 9.32. The fourth-order valence-corrected chi connectivity index (χ4v) is 2.61. The van der Waals surface area contributed by atoms with E-state index in [9.17, 15) is 0 Å². The molecule has 0 unspecified atom stereocenters. The number of hydrogen-bond acceptors (Lipinski definition) is 2. The van der Waals surface area contributed by atoms with Gasteiger partial charge in [0.2, 0.25) is 0 Å². The first kappa shape index (κ1) is 16.6. The van der Waals surface area contributed by atoms with Crippen LogP contribution in [-0.2, 0) is 6.42 Å². The first-order chi connectivity index (χ1) is 10.8. The van der Waals surface area contributed by atoms with E-state index in [1.807, 2.05) is 24.3 Å². The van der Waals surface area contributed by atoms with Gasteiger partial charge >= 0.3 is 7.69 Å². The lowest BCUT2D eigenvalue weighted by atomic mass is 10.0. The van der Waals surface area contributed by atoms with Crippen molar-refractivity contribution in [2.75, 3.05) is 0 Å². The van der Waals surface area contributed by atoms with Crippen molar-refractivity contribution in [3.05, 3.63) is 54.1 Å². The van der Waals surface area contributed by atoms with Gasteiger partial charge < -0.3 is 9.68 Å². The summed E-state index contributed by atoms with van der Waals surface area (Å²) in [4.78, 5) is 0. The van der Waals surface area contributed by atoms with Crippen LogP contribution in [0.1, 0.15) is 44.6 Å². The Balaban J connectivity index is 1.88. The van der Waals surface area contributed by atoms with Gasteiger partial charge in [0.1, 0.15) is 5.75 Å². The van der Waals surface area contributed by atoms with Crippen molar-refractivity contribution in [1.29, 1.82) is 0 Å². The lowest BCUT2D eigenvalue weighted by Crippen LogP contribution is -1.99. The van der Waals surface area contributed by atoms with Gasteiger partial charge in [-0.15, -0.1) is 0 Å². The number of unbranched alkanes of at least 4 members (excludes halogenated alkanes) is 4. The van der Waals surface area contributed by atoms with E-state index in [4.69, 9.17) is 9.68 Å². The summed E-state index contributed by atoms with van der Waals surface area (Å²) in [7, 11) is -0.285. The third-order valence-corrected chi connectivity index (χ3v) is 3.94. The summed E-state index contributed by atoms with van der Waals surface area (Å²) in [5.74, 6) is 0.690. The van der Waals surface area contributed by atoms with Gasteiger partial charge in [-0.2, -0.15) is 0 Å². The Kier molecular flexibility index (Phi) is 7.04. The fourth-order valence-electron chi connectivity index (χ4n) is 2.61. The van der Waals surface area contributed by atoms with Gasteiger partial charge in [-0.25, -0.2) is 0 Å². The molecule has 3 heteroatoms. The van der Waals surface area contributed by atoms with E-state index in [0.29, 0.717) is 5.75 Å². The fraction of sp³-hybridized carbons (Fsp3) is 0.368. The van der Waals surface area contributed by atoms with Crippen molar-refractivity contribution in [1.82, 2.24) is 0 Å². The molecular weight excluding hydrogens is 271 g/mol. The van der Waals surface area contributed by atoms with Crippen LogP contribution in [0.4, 0.5) is 0 Å². The minimum absolute atomic E-state index is 0.285. The molecule has 0 heterocycles. The summed E-state index contributed by atoms with van der Waals surface area (Å²) in [6.07, 6.45) is 7.81. The van der Waals surface area contributed by atoms with E-state index in [1.54, 1.807) is 0 Å². The van der Waals surface area contributed by atoms with Crippen molar-refractivity contribution in [2.24, 2.45) is 0 Å². The molecule has 2 rings (SSSR count). The van der Waals surface area contributed by atoms with Crippen molar-refractivity contribution < 1.29 is 9.68 Å². The quantitative estimate of drug-likeness (QED) is 0.545. The zero-order valence-electron chi connectivity index (χ0n) is 13.4. The van der Waals surface area contributed by atoms with Crippen LogP contribution in [0.2, 0.25) is 0 Å². The second-order valence-corrected chi connectivity index (χ2v) is 5.66. The summed E-state index contributed by atoms with van der Waals surface area (Å²) < 4.78 is 5.04. The zero-order chi connectivity index (χ0) is 15.6. The Hall–Kier alpha value is -1.74. The summed E-state index contributed by atoms with van der Waals surface area (Å²) in [5.41, 5.74) is 3.80. The number of hydrogen-bond donors (Lipinski definition) is 1. The van der Waals surface area contributed by atoms with Gasteiger partial charge in [-0.1, -0.05) is 69.0 Å². The molecule has 116 valence electrons. The molecule has 0 saturated carbocycles. The molecule has 2 aromatic rings. The van der Waals surface area contributed by atoms with Crippen LogP contribution < -0.4 is 4.65 Å². The molecule has 0 radical (unpaired) electrons. The Morgan fingerprint density at radius 2 is 1.41 bits per heavy atom. The van der Waals surface area contributed by atoms with Crippen LogP contribution in [0.15, 0.2) is 48.5 Å². The monoisotopic (exact) mass is 296 g/mol. The van der Waals surface area contributed by atoms with Gasteiger partial charge in [0.05, 0.1) is 0 Å². The maximum atomic E-state index is 8.73. The van der Waals surface area contributed by atoms with E-state index in [-0.39, 0.29) is 7.69 Å². The average Bonchev–Trinajstić information content (AvgIpc) is 2.56. The molecule has 0 saturated heterocycles. The Morgan fingerprint density at radius 1 is 0.818 bits per heavy atom. The predicted octanol–water partition coefficient (Wildman–Crippen LogP) is 4.50. The van der Waals surface area contributed by atoms with E-state index in [2.05, 4.69) is 31.2 Å². The predicted molar refractivity (Wildman–Crippen MR) is 94.3 cm³/mol. The zero-order valence-corrected chi connectivity index (χ0v) is 13.4. The normalized spacial score (nSPS) is 10.5. The van der Waals surface area contributed by atoms with Crippen LogP contribution in [0.5, 0.6) is 5.75 Å². The van der Waals surface area contributed by atoms with Crippen LogP contribution in [0.3, 0.4) is 0 Å². The maximum Gasteiger partial charge on any atom is 0.504 e. The molecule has 0 atom stereocenters. The smallest absolute Gasteiger partial charge is 0.504 e. The van der Waals surface area contributed by atoms with Gasteiger partial charge in [-0.05, 0) is 41.7 Å². The molecule has 0 amide bonds. The highest BCUT2D eigenvalue weighted by Gasteiger charge is 2.00. The molecule has 0 spiro atoms. The minimum Gasteiger partial charge on any atom is -0.539 e. The lowest BCUT2D eigenvalue weighted by Gasteiger charge is -2.06. The number of aryl methyl sites for hydroxylation is 1. The molecule has 2 nitrogen and oxygen atoms in total. The molecule has 0 aliphatic carbocycles. The third kappa shape index (κ3) is 5.23. The Labute approximate surface area is 134 Å². The molecule has 22 heavy (non-hydrogen) atoms. The van der Waals surface area contributed by atoms with Crippen LogP contribution >= 0.6 is 0 Å². The molecular formula is C19H25BO2. The summed E-state index contributed by atoms with van der Waals surface area (Å²) >= 11 is 0. The van der Waals surface area contributed by atoms with Gasteiger partial charge in [0.15, 0.2) is 0 Å². The largest absolute Gasteiger partial charge is 0.539 e.